The zero-order valence-electron chi connectivity index (χ0n) is 10.4. The highest BCUT2D eigenvalue weighted by molar-refractivity contribution is 7.92. The molecule has 102 valence electrons. The zero-order chi connectivity index (χ0) is 14.4. The molecule has 0 aliphatic heterocycles. The van der Waals surface area contributed by atoms with Crippen LogP contribution in [0, 0.1) is 11.3 Å². The summed E-state index contributed by atoms with van der Waals surface area (Å²) in [6, 6.07) is 11.2. The average Bonchev–Trinajstić information content (AvgIpc) is 2.46. The first kappa shape index (κ1) is 13.8. The number of hydrogen-bond donors (Lipinski definition) is 1. The number of nitrogens with zero attached hydrogens (tertiary/aromatic N) is 2. The Hall–Kier alpha value is -2.59. The molecule has 20 heavy (non-hydrogen) atoms. The van der Waals surface area contributed by atoms with E-state index in [4.69, 9.17) is 10.00 Å². The summed E-state index contributed by atoms with van der Waals surface area (Å²) < 4.78 is 31.7. The molecule has 0 saturated carbocycles. The fourth-order valence-electron chi connectivity index (χ4n) is 1.49. The standard InChI is InChI=1S/C13H11N3O3S/c14-6-8-19-12-4-1-3-11(9-12)16-20(17,18)13-5-2-7-15-10-13/h1-5,7,9-10,16H,8H2. The van der Waals surface area contributed by atoms with Crippen LogP contribution in [0.15, 0.2) is 53.7 Å². The van der Waals surface area contributed by atoms with Crippen LogP contribution in [0.1, 0.15) is 0 Å². The van der Waals surface area contributed by atoms with Crippen molar-refractivity contribution in [2.75, 3.05) is 11.3 Å². The van der Waals surface area contributed by atoms with Crippen LogP contribution in [0.3, 0.4) is 0 Å². The number of hydrogen-bond acceptors (Lipinski definition) is 5. The van der Waals surface area contributed by atoms with Gasteiger partial charge in [-0.2, -0.15) is 5.26 Å². The van der Waals surface area contributed by atoms with E-state index < -0.39 is 10.0 Å². The molecule has 2 aromatic rings. The van der Waals surface area contributed by atoms with Gasteiger partial charge in [0.15, 0.2) is 6.61 Å². The molecule has 0 fully saturated rings. The first-order valence-corrected chi connectivity index (χ1v) is 7.13. The fourth-order valence-corrected chi connectivity index (χ4v) is 2.50. The summed E-state index contributed by atoms with van der Waals surface area (Å²) in [5, 5.41) is 8.44. The number of nitrogens with one attached hydrogen (secondary N) is 1. The third-order valence-electron chi connectivity index (χ3n) is 2.33. The molecular formula is C13H11N3O3S. The minimum absolute atomic E-state index is 0.0725. The number of aromatic nitrogens is 1. The lowest BCUT2D eigenvalue weighted by Crippen LogP contribution is -2.13. The fraction of sp³-hybridized carbons (Fsp3) is 0.0769. The predicted octanol–water partition coefficient (Wildman–Crippen LogP) is 1.78. The molecule has 1 N–H and O–H groups in total. The maximum absolute atomic E-state index is 12.1. The van der Waals surface area contributed by atoms with Crippen molar-refractivity contribution < 1.29 is 13.2 Å². The second kappa shape index (κ2) is 6.04. The minimum atomic E-state index is -3.68. The lowest BCUT2D eigenvalue weighted by Gasteiger charge is -2.09. The lowest BCUT2D eigenvalue weighted by molar-refractivity contribution is 0.368. The van der Waals surface area contributed by atoms with Gasteiger partial charge >= 0.3 is 0 Å². The predicted molar refractivity (Wildman–Crippen MR) is 72.6 cm³/mol. The van der Waals surface area contributed by atoms with Gasteiger partial charge in [-0.25, -0.2) is 8.42 Å². The maximum Gasteiger partial charge on any atom is 0.263 e. The summed E-state index contributed by atoms with van der Waals surface area (Å²) in [5.74, 6) is 0.415. The minimum Gasteiger partial charge on any atom is -0.479 e. The highest BCUT2D eigenvalue weighted by Crippen LogP contribution is 2.20. The second-order valence-corrected chi connectivity index (χ2v) is 5.45. The number of ether oxygens (including phenoxy) is 1. The summed E-state index contributed by atoms with van der Waals surface area (Å²) in [4.78, 5) is 3.84. The number of anilines is 1. The summed E-state index contributed by atoms with van der Waals surface area (Å²) in [7, 11) is -3.68. The van der Waals surface area contributed by atoms with E-state index in [1.807, 2.05) is 6.07 Å². The number of sulfonamides is 1. The van der Waals surface area contributed by atoms with Crippen molar-refractivity contribution in [2.45, 2.75) is 4.90 Å². The van der Waals surface area contributed by atoms with Crippen molar-refractivity contribution in [3.8, 4) is 11.8 Å². The molecule has 0 radical (unpaired) electrons. The molecule has 2 rings (SSSR count). The first-order chi connectivity index (χ1) is 9.62. The molecule has 0 atom stereocenters. The zero-order valence-corrected chi connectivity index (χ0v) is 11.2. The molecule has 0 amide bonds. The van der Waals surface area contributed by atoms with Crippen molar-refractivity contribution in [2.24, 2.45) is 0 Å². The summed E-state index contributed by atoms with van der Waals surface area (Å²) >= 11 is 0. The van der Waals surface area contributed by atoms with Crippen molar-refractivity contribution in [1.29, 1.82) is 5.26 Å². The lowest BCUT2D eigenvalue weighted by atomic mass is 10.3. The van der Waals surface area contributed by atoms with Gasteiger partial charge in [0.25, 0.3) is 10.0 Å². The van der Waals surface area contributed by atoms with E-state index in [1.165, 1.54) is 24.5 Å². The number of rotatable bonds is 5. The molecular weight excluding hydrogens is 278 g/mol. The van der Waals surface area contributed by atoms with Crippen molar-refractivity contribution in [3.05, 3.63) is 48.8 Å². The molecule has 1 heterocycles. The highest BCUT2D eigenvalue weighted by atomic mass is 32.2. The monoisotopic (exact) mass is 289 g/mol. The van der Waals surface area contributed by atoms with Crippen molar-refractivity contribution >= 4 is 15.7 Å². The van der Waals surface area contributed by atoms with Crippen LogP contribution in [-0.2, 0) is 10.0 Å². The van der Waals surface area contributed by atoms with E-state index in [-0.39, 0.29) is 11.5 Å². The molecule has 0 spiro atoms. The van der Waals surface area contributed by atoms with Gasteiger partial charge in [-0.15, -0.1) is 0 Å². The van der Waals surface area contributed by atoms with E-state index in [0.717, 1.165) is 0 Å². The molecule has 7 heteroatoms. The molecule has 1 aromatic heterocycles. The Morgan fingerprint density at radius 2 is 2.15 bits per heavy atom. The average molecular weight is 289 g/mol. The van der Waals surface area contributed by atoms with Crippen molar-refractivity contribution in [1.82, 2.24) is 4.98 Å². The molecule has 0 saturated heterocycles. The summed E-state index contributed by atoms with van der Waals surface area (Å²) in [6.45, 7) is -0.0984. The Labute approximate surface area is 116 Å². The molecule has 0 bridgehead atoms. The van der Waals surface area contributed by atoms with Gasteiger partial charge in [0.05, 0.1) is 5.69 Å². The van der Waals surface area contributed by atoms with Crippen molar-refractivity contribution in [3.63, 3.8) is 0 Å². The number of pyridine rings is 1. The van der Waals surface area contributed by atoms with Crippen LogP contribution in [0.25, 0.3) is 0 Å². The quantitative estimate of drug-likeness (QED) is 0.905. The van der Waals surface area contributed by atoms with Gasteiger partial charge < -0.3 is 4.74 Å². The Balaban J connectivity index is 2.20. The van der Waals surface area contributed by atoms with Crippen LogP contribution in [0.4, 0.5) is 5.69 Å². The normalized spacial score (nSPS) is 10.6. The Morgan fingerprint density at radius 1 is 1.30 bits per heavy atom. The van der Waals surface area contributed by atoms with Crippen LogP contribution < -0.4 is 9.46 Å². The summed E-state index contributed by atoms with van der Waals surface area (Å²) in [6.07, 6.45) is 2.76. The van der Waals surface area contributed by atoms with E-state index in [9.17, 15) is 8.42 Å². The molecule has 0 aliphatic rings. The van der Waals surface area contributed by atoms with Gasteiger partial charge in [0.1, 0.15) is 16.7 Å². The smallest absolute Gasteiger partial charge is 0.263 e. The molecule has 1 aromatic carbocycles. The van der Waals surface area contributed by atoms with Crippen LogP contribution in [0.2, 0.25) is 0 Å². The van der Waals surface area contributed by atoms with E-state index >= 15 is 0 Å². The topological polar surface area (TPSA) is 92.1 Å². The maximum atomic E-state index is 12.1. The first-order valence-electron chi connectivity index (χ1n) is 5.64. The number of benzene rings is 1. The van der Waals surface area contributed by atoms with Gasteiger partial charge in [0.2, 0.25) is 0 Å². The van der Waals surface area contributed by atoms with E-state index in [0.29, 0.717) is 11.4 Å². The third-order valence-corrected chi connectivity index (χ3v) is 3.70. The molecule has 0 aliphatic carbocycles. The van der Waals surface area contributed by atoms with E-state index in [2.05, 4.69) is 9.71 Å². The highest BCUT2D eigenvalue weighted by Gasteiger charge is 2.14. The van der Waals surface area contributed by atoms with Crippen LogP contribution in [-0.4, -0.2) is 20.0 Å². The molecule has 0 unspecified atom stereocenters. The SMILES string of the molecule is N#CCOc1cccc(NS(=O)(=O)c2cccnc2)c1. The van der Waals surface area contributed by atoms with Crippen LogP contribution >= 0.6 is 0 Å². The second-order valence-electron chi connectivity index (χ2n) is 3.77. The third kappa shape index (κ3) is 3.46. The largest absolute Gasteiger partial charge is 0.479 e. The number of nitriles is 1. The summed E-state index contributed by atoms with van der Waals surface area (Å²) in [5.41, 5.74) is 0.351. The Bertz CT molecular complexity index is 724. The van der Waals surface area contributed by atoms with Gasteiger partial charge in [-0.1, -0.05) is 6.07 Å². The van der Waals surface area contributed by atoms with Gasteiger partial charge in [-0.3, -0.25) is 9.71 Å². The molecule has 6 nitrogen and oxygen atoms in total. The van der Waals surface area contributed by atoms with Gasteiger partial charge in [0, 0.05) is 18.5 Å². The van der Waals surface area contributed by atoms with E-state index in [1.54, 1.807) is 24.3 Å². The Morgan fingerprint density at radius 3 is 2.85 bits per heavy atom. The Kier molecular flexibility index (Phi) is 4.17. The van der Waals surface area contributed by atoms with Gasteiger partial charge in [-0.05, 0) is 24.3 Å². The van der Waals surface area contributed by atoms with Crippen LogP contribution in [0.5, 0.6) is 5.75 Å².